The zero-order valence-corrected chi connectivity index (χ0v) is 8.46. The van der Waals surface area contributed by atoms with Crippen LogP contribution in [0.25, 0.3) is 0 Å². The quantitative estimate of drug-likeness (QED) is 0.587. The van der Waals surface area contributed by atoms with Gasteiger partial charge in [-0.15, -0.1) is 0 Å². The second kappa shape index (κ2) is 28.5. The molecule has 0 aliphatic carbocycles. The van der Waals surface area contributed by atoms with E-state index >= 15 is 0 Å². The van der Waals surface area contributed by atoms with E-state index in [2.05, 4.69) is 0 Å². The van der Waals surface area contributed by atoms with Crippen LogP contribution in [0.15, 0.2) is 0 Å². The van der Waals surface area contributed by atoms with E-state index in [0.717, 1.165) is 0 Å². The molecule has 0 aromatic carbocycles. The van der Waals surface area contributed by atoms with E-state index < -0.39 is 0 Å². The second-order valence-electron chi connectivity index (χ2n) is 0. The molecule has 5 heteroatoms. The van der Waals surface area contributed by atoms with Crippen LogP contribution in [0.1, 0.15) is 0 Å². The van der Waals surface area contributed by atoms with Crippen molar-refractivity contribution in [3.63, 3.8) is 0 Å². The first-order valence-corrected chi connectivity index (χ1v) is 0. The van der Waals surface area contributed by atoms with E-state index in [4.69, 9.17) is 0 Å². The Morgan fingerprint density at radius 1 is 0.400 bits per heavy atom. The molecule has 0 aromatic heterocycles. The van der Waals surface area contributed by atoms with Gasteiger partial charge in [-0.25, -0.2) is 0 Å². The van der Waals surface area contributed by atoms with Crippen LogP contribution in [0.5, 0.6) is 0 Å². The van der Waals surface area contributed by atoms with E-state index in [1.807, 2.05) is 0 Å². The summed E-state index contributed by atoms with van der Waals surface area (Å²) in [5.74, 6) is 0. The van der Waals surface area contributed by atoms with Gasteiger partial charge in [0.05, 0.1) is 0 Å². The van der Waals surface area contributed by atoms with Crippen LogP contribution < -0.4 is 0 Å². The first kappa shape index (κ1) is 44.6. The van der Waals surface area contributed by atoms with Crippen molar-refractivity contribution < 1.29 is 93.3 Å². The predicted octanol–water partition coefficient (Wildman–Crippen LogP) is -0.0125. The summed E-state index contributed by atoms with van der Waals surface area (Å²) in [5.41, 5.74) is 0. The Morgan fingerprint density at radius 2 is 0.400 bits per heavy atom. The molecule has 0 aliphatic rings. The third-order valence-corrected chi connectivity index (χ3v) is 0. The summed E-state index contributed by atoms with van der Waals surface area (Å²) in [6.45, 7) is 0. The minimum absolute atomic E-state index is 0. The molecular formula is Co4Zr. The van der Waals surface area contributed by atoms with Gasteiger partial charge in [-0.1, -0.05) is 0 Å². The Hall–Kier alpha value is 2.91. The van der Waals surface area contributed by atoms with Gasteiger partial charge in [0.2, 0.25) is 0 Å². The SMILES string of the molecule is [Co].[Co].[Co].[Co].[Zr]. The van der Waals surface area contributed by atoms with Gasteiger partial charge in [-0.05, 0) is 0 Å². The van der Waals surface area contributed by atoms with Crippen molar-refractivity contribution in [2.24, 2.45) is 0 Å². The van der Waals surface area contributed by atoms with Crippen LogP contribution >= 0.6 is 0 Å². The molecule has 0 heterocycles. The summed E-state index contributed by atoms with van der Waals surface area (Å²) in [6.07, 6.45) is 0. The molecule has 0 bridgehead atoms. The fourth-order valence-electron chi connectivity index (χ4n) is 0. The third-order valence-electron chi connectivity index (χ3n) is 0. The standard InChI is InChI=1S/4Co.Zr. The molecule has 0 aromatic rings. The molecule has 0 saturated heterocycles. The van der Waals surface area contributed by atoms with Gasteiger partial charge in [0.1, 0.15) is 0 Å². The van der Waals surface area contributed by atoms with Crippen molar-refractivity contribution >= 4 is 0 Å². The first-order chi connectivity index (χ1) is 0. The van der Waals surface area contributed by atoms with Crippen LogP contribution in [0, 0.1) is 0 Å². The average Bonchev–Trinajstić information content (AvgIpc) is 0. The first-order valence-electron chi connectivity index (χ1n) is 0. The Bertz CT molecular complexity index is 3.61. The predicted molar refractivity (Wildman–Crippen MR) is 0 cm³/mol. The maximum atomic E-state index is 0. The summed E-state index contributed by atoms with van der Waals surface area (Å²) in [5, 5.41) is 0. The maximum Gasteiger partial charge on any atom is 0 e. The van der Waals surface area contributed by atoms with Crippen LogP contribution in [-0.4, -0.2) is 0 Å². The monoisotopic (exact) mass is 326 g/mol. The molecule has 0 nitrogen and oxygen atoms in total. The van der Waals surface area contributed by atoms with Gasteiger partial charge in [0.25, 0.3) is 0 Å². The Balaban J connectivity index is 0. The molecular weight excluding hydrogens is 327 g/mol. The third kappa shape index (κ3) is 19.7. The summed E-state index contributed by atoms with van der Waals surface area (Å²) >= 11 is 0. The van der Waals surface area contributed by atoms with Crippen LogP contribution in [-0.2, 0) is 93.3 Å². The van der Waals surface area contributed by atoms with Crippen molar-refractivity contribution in [3.05, 3.63) is 0 Å². The van der Waals surface area contributed by atoms with Gasteiger partial charge >= 0.3 is 0 Å². The maximum absolute atomic E-state index is 0. The van der Waals surface area contributed by atoms with Crippen molar-refractivity contribution in [1.29, 1.82) is 0 Å². The van der Waals surface area contributed by atoms with Crippen molar-refractivity contribution in [3.8, 4) is 0 Å². The van der Waals surface area contributed by atoms with E-state index in [1.54, 1.807) is 0 Å². The van der Waals surface area contributed by atoms with E-state index in [1.165, 1.54) is 0 Å². The van der Waals surface area contributed by atoms with Crippen molar-refractivity contribution in [2.45, 2.75) is 0 Å². The number of hydrogen-bond donors (Lipinski definition) is 0. The van der Waals surface area contributed by atoms with Crippen LogP contribution in [0.4, 0.5) is 0 Å². The van der Waals surface area contributed by atoms with Gasteiger partial charge < -0.3 is 0 Å². The zero-order chi connectivity index (χ0) is 0. The van der Waals surface area contributed by atoms with Crippen LogP contribution in [0.2, 0.25) is 0 Å². The van der Waals surface area contributed by atoms with Gasteiger partial charge in [0, 0.05) is 93.3 Å². The molecule has 0 fully saturated rings. The molecule has 4 radical (unpaired) electrons. The van der Waals surface area contributed by atoms with Crippen molar-refractivity contribution in [1.82, 2.24) is 0 Å². The smallest absolute Gasteiger partial charge is 0 e. The molecule has 0 aliphatic heterocycles. The Labute approximate surface area is 91.9 Å². The van der Waals surface area contributed by atoms with E-state index in [0.29, 0.717) is 0 Å². The van der Waals surface area contributed by atoms with E-state index in [9.17, 15) is 0 Å². The molecule has 5 heavy (non-hydrogen) atoms. The molecule has 0 saturated carbocycles. The normalized spacial score (nSPS) is 0. The van der Waals surface area contributed by atoms with Gasteiger partial charge in [-0.3, -0.25) is 0 Å². The number of hydrogen-bond acceptors (Lipinski definition) is 0. The second-order valence-corrected chi connectivity index (χ2v) is 0. The van der Waals surface area contributed by atoms with Gasteiger partial charge in [0.15, 0.2) is 0 Å². The molecule has 0 amide bonds. The fraction of sp³-hybridized carbons (Fsp3) is 0. The van der Waals surface area contributed by atoms with E-state index in [-0.39, 0.29) is 93.3 Å². The molecule has 0 N–H and O–H groups in total. The Kier molecular flexibility index (Phi) is 254. The fourth-order valence-corrected chi connectivity index (χ4v) is 0. The topological polar surface area (TPSA) is 0 Å². The minimum atomic E-state index is 0. The van der Waals surface area contributed by atoms with Crippen LogP contribution in [0.3, 0.4) is 0 Å². The minimum Gasteiger partial charge on any atom is 0 e. The van der Waals surface area contributed by atoms with Gasteiger partial charge in [-0.2, -0.15) is 0 Å². The zero-order valence-electron chi connectivity index (χ0n) is 1.83. The average molecular weight is 327 g/mol. The largest absolute Gasteiger partial charge is 0 e. The molecule has 0 spiro atoms. The molecule has 0 rings (SSSR count). The summed E-state index contributed by atoms with van der Waals surface area (Å²) in [4.78, 5) is 0. The molecule has 0 atom stereocenters. The summed E-state index contributed by atoms with van der Waals surface area (Å²) < 4.78 is 0. The molecule has 40 valence electrons. The number of rotatable bonds is 0. The Morgan fingerprint density at radius 3 is 0.400 bits per heavy atom. The molecule has 0 unspecified atom stereocenters. The summed E-state index contributed by atoms with van der Waals surface area (Å²) in [7, 11) is 0. The summed E-state index contributed by atoms with van der Waals surface area (Å²) in [6, 6.07) is 0. The van der Waals surface area contributed by atoms with Crippen molar-refractivity contribution in [2.75, 3.05) is 0 Å².